The molecule has 0 bridgehead atoms. The molecule has 0 aliphatic carbocycles. The first-order chi connectivity index (χ1) is 17.4. The first-order valence-electron chi connectivity index (χ1n) is 13.4. The van der Waals surface area contributed by atoms with Crippen LogP contribution in [0.3, 0.4) is 0 Å². The van der Waals surface area contributed by atoms with Crippen molar-refractivity contribution in [3.63, 3.8) is 0 Å². The number of carbonyl (C=O) groups excluding carboxylic acids is 1. The fourth-order valence-electron chi connectivity index (χ4n) is 5.16. The molecule has 196 valence electrons. The lowest BCUT2D eigenvalue weighted by Gasteiger charge is -2.25. The number of nitrogens with two attached hydrogens (primary N) is 1. The number of H-pyrrole nitrogens is 1. The highest BCUT2D eigenvalue weighted by Gasteiger charge is 2.19. The Kier molecular flexibility index (Phi) is 11.4. The van der Waals surface area contributed by atoms with E-state index in [4.69, 9.17) is 4.79 Å². The summed E-state index contributed by atoms with van der Waals surface area (Å²) in [7, 11) is 2.23. The van der Waals surface area contributed by atoms with Crippen molar-refractivity contribution in [2.45, 2.75) is 64.2 Å². The van der Waals surface area contributed by atoms with Gasteiger partial charge in [0.2, 0.25) is 6.41 Å². The Morgan fingerprint density at radius 2 is 1.81 bits per heavy atom. The van der Waals surface area contributed by atoms with Gasteiger partial charge in [0.25, 0.3) is 0 Å². The van der Waals surface area contributed by atoms with Crippen LogP contribution in [-0.4, -0.2) is 53.8 Å². The third-order valence-corrected chi connectivity index (χ3v) is 8.31. The molecule has 5 rings (SSSR count). The third kappa shape index (κ3) is 8.39. The minimum absolute atomic E-state index is 0.250. The number of nitrogens with one attached hydrogen (secondary N) is 1. The summed E-state index contributed by atoms with van der Waals surface area (Å²) in [5.74, 6) is 0.873. The minimum Gasteiger partial charge on any atom is -0.372 e. The Labute approximate surface area is 221 Å². The minimum atomic E-state index is 0.250. The molecule has 0 radical (unpaired) electrons. The highest BCUT2D eigenvalue weighted by molar-refractivity contribution is 7.97. The summed E-state index contributed by atoms with van der Waals surface area (Å²) in [4.78, 5) is 15.7. The van der Waals surface area contributed by atoms with Crippen molar-refractivity contribution in [3.8, 4) is 0 Å². The van der Waals surface area contributed by atoms with Gasteiger partial charge < -0.3 is 15.6 Å². The number of piperidine rings is 1. The topological polar surface area (TPSA) is 65.4 Å². The fraction of sp³-hybridized carbons (Fsp3) is 0.500. The Hall–Kier alpha value is -2.28. The molecule has 2 aromatic carbocycles. The van der Waals surface area contributed by atoms with Gasteiger partial charge in [-0.25, -0.2) is 4.31 Å². The number of hydrogen-bond donors (Lipinski definition) is 2. The number of aryl methyl sites for hydroxylation is 3. The van der Waals surface area contributed by atoms with Crippen LogP contribution in [0.2, 0.25) is 0 Å². The number of likely N-dealkylation sites (tertiary alicyclic amines) is 1. The first-order valence-corrected chi connectivity index (χ1v) is 14.1. The van der Waals surface area contributed by atoms with Gasteiger partial charge in [0, 0.05) is 41.6 Å². The lowest BCUT2D eigenvalue weighted by molar-refractivity contribution is -0.106. The van der Waals surface area contributed by atoms with E-state index in [2.05, 4.69) is 90.3 Å². The van der Waals surface area contributed by atoms with E-state index in [1.165, 1.54) is 96.3 Å². The van der Waals surface area contributed by atoms with Crippen LogP contribution >= 0.6 is 11.9 Å². The lowest BCUT2D eigenvalue weighted by atomic mass is 9.95. The highest BCUT2D eigenvalue weighted by Crippen LogP contribution is 2.29. The quantitative estimate of drug-likeness (QED) is 0.322. The van der Waals surface area contributed by atoms with Crippen molar-refractivity contribution in [3.05, 3.63) is 64.8 Å². The zero-order chi connectivity index (χ0) is 25.9. The van der Waals surface area contributed by atoms with Gasteiger partial charge in [-0.2, -0.15) is 0 Å². The predicted octanol–water partition coefficient (Wildman–Crippen LogP) is 6.12. The summed E-state index contributed by atoms with van der Waals surface area (Å²) in [6.07, 6.45) is 10.2. The van der Waals surface area contributed by atoms with Gasteiger partial charge in [-0.15, -0.1) is 0 Å². The van der Waals surface area contributed by atoms with Crippen molar-refractivity contribution < 1.29 is 4.79 Å². The number of amides is 1. The maximum absolute atomic E-state index is 8.58. The van der Waals surface area contributed by atoms with Crippen LogP contribution in [-0.2, 0) is 17.6 Å². The van der Waals surface area contributed by atoms with E-state index in [-0.39, 0.29) is 6.41 Å². The number of hydrogen-bond acceptors (Lipinski definition) is 4. The standard InChI is InChI=1S/C15H23N.C14H18N2S.CH3NO/c1-4-15-10-13(6-5-12(15)2)9-14-7-8-16(3)11-14;1-11-10-15-14-6-5-12(9-13(11)14)17-16-7-3-2-4-8-16;2-1-3/h5-6,10,14H,4,7-9,11H2,1-3H3;5-6,9-10,15H,2-4,7-8H2,1H3;1H,(H2,2,3). The van der Waals surface area contributed by atoms with Crippen molar-refractivity contribution in [2.75, 3.05) is 33.2 Å². The van der Waals surface area contributed by atoms with Crippen LogP contribution in [0.25, 0.3) is 10.9 Å². The maximum atomic E-state index is 8.58. The smallest absolute Gasteiger partial charge is 0.204 e. The lowest BCUT2D eigenvalue weighted by Crippen LogP contribution is -2.22. The summed E-state index contributed by atoms with van der Waals surface area (Å²) in [6.45, 7) is 11.6. The number of carbonyl (C=O) groups is 1. The summed E-state index contributed by atoms with van der Waals surface area (Å²) >= 11 is 1.91. The number of nitrogens with zero attached hydrogens (tertiary/aromatic N) is 2. The predicted molar refractivity (Wildman–Crippen MR) is 154 cm³/mol. The van der Waals surface area contributed by atoms with E-state index in [0.717, 1.165) is 12.3 Å². The molecule has 3 N–H and O–H groups in total. The monoisotopic (exact) mass is 508 g/mol. The van der Waals surface area contributed by atoms with Gasteiger partial charge in [-0.05, 0) is 118 Å². The Morgan fingerprint density at radius 3 is 2.47 bits per heavy atom. The number of benzene rings is 2. The first kappa shape index (κ1) is 28.3. The molecule has 5 nitrogen and oxygen atoms in total. The van der Waals surface area contributed by atoms with Gasteiger partial charge in [-0.3, -0.25) is 4.79 Å². The Balaban J connectivity index is 0.000000182. The van der Waals surface area contributed by atoms with Crippen molar-refractivity contribution >= 4 is 29.3 Å². The molecule has 2 fully saturated rings. The molecule has 1 unspecified atom stereocenters. The second-order valence-corrected chi connectivity index (χ2v) is 11.3. The SMILES string of the molecule is CCc1cc(CC2CCN(C)C2)ccc1C.Cc1c[nH]c2ccc(SN3CCCCC3)cc12.NC=O. The Bertz CT molecular complexity index is 1090. The van der Waals surface area contributed by atoms with Crippen molar-refractivity contribution in [1.82, 2.24) is 14.2 Å². The molecule has 3 aromatic rings. The average Bonchev–Trinajstić information content (AvgIpc) is 3.46. The zero-order valence-electron chi connectivity index (χ0n) is 22.6. The van der Waals surface area contributed by atoms with Crippen LogP contribution in [0.1, 0.15) is 54.9 Å². The fourth-order valence-corrected chi connectivity index (χ4v) is 6.20. The molecule has 0 saturated carbocycles. The summed E-state index contributed by atoms with van der Waals surface area (Å²) in [5, 5.41) is 1.35. The van der Waals surface area contributed by atoms with E-state index in [0.29, 0.717) is 0 Å². The molecule has 2 aliphatic heterocycles. The number of aromatic nitrogens is 1. The molecule has 0 spiro atoms. The molecular weight excluding hydrogens is 464 g/mol. The second kappa shape index (κ2) is 14.5. The molecule has 1 atom stereocenters. The molecule has 2 aliphatic rings. The number of fused-ring (bicyclic) bond motifs is 1. The summed E-state index contributed by atoms with van der Waals surface area (Å²) in [5.41, 5.74) is 11.2. The largest absolute Gasteiger partial charge is 0.372 e. The molecule has 1 amide bonds. The molecular formula is C30H44N4OS. The highest BCUT2D eigenvalue weighted by atomic mass is 32.2. The zero-order valence-corrected chi connectivity index (χ0v) is 23.4. The Morgan fingerprint density at radius 1 is 1.06 bits per heavy atom. The van der Waals surface area contributed by atoms with Gasteiger partial charge >= 0.3 is 0 Å². The van der Waals surface area contributed by atoms with E-state index in [9.17, 15) is 0 Å². The van der Waals surface area contributed by atoms with Gasteiger partial charge in [0.15, 0.2) is 0 Å². The second-order valence-electron chi connectivity index (χ2n) is 10.1. The number of rotatable bonds is 5. The van der Waals surface area contributed by atoms with Gasteiger partial charge in [0.1, 0.15) is 0 Å². The number of aromatic amines is 1. The van der Waals surface area contributed by atoms with Crippen LogP contribution < -0.4 is 5.73 Å². The van der Waals surface area contributed by atoms with Gasteiger partial charge in [-0.1, -0.05) is 31.5 Å². The van der Waals surface area contributed by atoms with Crippen LogP contribution in [0, 0.1) is 19.8 Å². The van der Waals surface area contributed by atoms with E-state index in [1.54, 1.807) is 0 Å². The van der Waals surface area contributed by atoms with E-state index >= 15 is 0 Å². The van der Waals surface area contributed by atoms with Crippen LogP contribution in [0.4, 0.5) is 0 Å². The molecule has 6 heteroatoms. The summed E-state index contributed by atoms with van der Waals surface area (Å²) < 4.78 is 2.49. The molecule has 1 aromatic heterocycles. The summed E-state index contributed by atoms with van der Waals surface area (Å²) in [6, 6.07) is 13.7. The van der Waals surface area contributed by atoms with Crippen LogP contribution in [0.15, 0.2) is 47.5 Å². The maximum Gasteiger partial charge on any atom is 0.204 e. The normalized spacial score (nSPS) is 18.3. The molecule has 36 heavy (non-hydrogen) atoms. The molecule has 2 saturated heterocycles. The van der Waals surface area contributed by atoms with E-state index < -0.39 is 0 Å². The van der Waals surface area contributed by atoms with E-state index in [1.807, 2.05) is 11.9 Å². The average molecular weight is 509 g/mol. The van der Waals surface area contributed by atoms with Crippen molar-refractivity contribution in [2.24, 2.45) is 11.7 Å². The third-order valence-electron chi connectivity index (χ3n) is 7.22. The number of primary amides is 1. The van der Waals surface area contributed by atoms with Crippen LogP contribution in [0.5, 0.6) is 0 Å². The van der Waals surface area contributed by atoms with Crippen molar-refractivity contribution in [1.29, 1.82) is 0 Å². The van der Waals surface area contributed by atoms with Gasteiger partial charge in [0.05, 0.1) is 0 Å². The molecule has 3 heterocycles.